The third-order valence-electron chi connectivity index (χ3n) is 3.85. The van der Waals surface area contributed by atoms with Gasteiger partial charge in [-0.25, -0.2) is 4.39 Å². The molecule has 21 heavy (non-hydrogen) atoms. The summed E-state index contributed by atoms with van der Waals surface area (Å²) in [5.74, 6) is 1.23. The van der Waals surface area contributed by atoms with Crippen molar-refractivity contribution < 1.29 is 4.39 Å². The Bertz CT molecular complexity index is 475. The number of rotatable bonds is 4. The van der Waals surface area contributed by atoms with Gasteiger partial charge < -0.3 is 15.5 Å². The number of aliphatic imine (C=N–C) groups is 1. The molecule has 4 nitrogen and oxygen atoms in total. The van der Waals surface area contributed by atoms with Gasteiger partial charge in [0.05, 0.1) is 0 Å². The van der Waals surface area contributed by atoms with Crippen molar-refractivity contribution in [1.29, 1.82) is 0 Å². The molecular formula is C16H25FN4. The molecule has 1 aliphatic heterocycles. The summed E-state index contributed by atoms with van der Waals surface area (Å²) in [5, 5.41) is 6.59. The van der Waals surface area contributed by atoms with Gasteiger partial charge in [0.25, 0.3) is 0 Å². The Morgan fingerprint density at radius 2 is 2.29 bits per heavy atom. The number of guanidine groups is 1. The summed E-state index contributed by atoms with van der Waals surface area (Å²) in [4.78, 5) is 6.59. The van der Waals surface area contributed by atoms with Crippen molar-refractivity contribution in [2.75, 3.05) is 33.7 Å². The van der Waals surface area contributed by atoms with Crippen LogP contribution in [0.4, 0.5) is 4.39 Å². The van der Waals surface area contributed by atoms with Gasteiger partial charge in [-0.1, -0.05) is 12.1 Å². The Balaban J connectivity index is 1.75. The van der Waals surface area contributed by atoms with Gasteiger partial charge in [0.15, 0.2) is 5.96 Å². The van der Waals surface area contributed by atoms with Crippen molar-refractivity contribution in [3.63, 3.8) is 0 Å². The predicted octanol–water partition coefficient (Wildman–Crippen LogP) is 1.83. The van der Waals surface area contributed by atoms with Gasteiger partial charge >= 0.3 is 0 Å². The van der Waals surface area contributed by atoms with Crippen molar-refractivity contribution >= 4 is 5.96 Å². The van der Waals surface area contributed by atoms with Crippen LogP contribution in [0.5, 0.6) is 0 Å². The highest BCUT2D eigenvalue weighted by Crippen LogP contribution is 2.13. The fourth-order valence-electron chi connectivity index (χ4n) is 2.73. The molecule has 5 heteroatoms. The Kier molecular flexibility index (Phi) is 5.99. The second kappa shape index (κ2) is 7.98. The number of nitrogens with one attached hydrogen (secondary N) is 2. The fraction of sp³-hybridized carbons (Fsp3) is 0.562. The molecule has 0 aromatic heterocycles. The van der Waals surface area contributed by atoms with E-state index >= 15 is 0 Å². The summed E-state index contributed by atoms with van der Waals surface area (Å²) >= 11 is 0. The van der Waals surface area contributed by atoms with E-state index in [0.29, 0.717) is 12.5 Å². The Morgan fingerprint density at radius 1 is 1.43 bits per heavy atom. The van der Waals surface area contributed by atoms with E-state index in [1.807, 2.05) is 6.07 Å². The molecule has 1 aromatic rings. The third kappa shape index (κ3) is 5.34. The number of hydrogen-bond acceptors (Lipinski definition) is 2. The summed E-state index contributed by atoms with van der Waals surface area (Å²) in [6, 6.07) is 6.62. The lowest BCUT2D eigenvalue weighted by atomic mass is 9.99. The zero-order chi connectivity index (χ0) is 15.1. The van der Waals surface area contributed by atoms with Crippen LogP contribution in [0.25, 0.3) is 0 Å². The molecule has 0 spiro atoms. The van der Waals surface area contributed by atoms with Gasteiger partial charge in [0.1, 0.15) is 5.82 Å². The topological polar surface area (TPSA) is 39.7 Å². The molecule has 2 N–H and O–H groups in total. The van der Waals surface area contributed by atoms with Crippen LogP contribution in [0.3, 0.4) is 0 Å². The molecule has 1 saturated heterocycles. The maximum Gasteiger partial charge on any atom is 0.191 e. The van der Waals surface area contributed by atoms with Crippen molar-refractivity contribution in [1.82, 2.24) is 15.5 Å². The molecular weight excluding hydrogens is 267 g/mol. The minimum Gasteiger partial charge on any atom is -0.356 e. The third-order valence-corrected chi connectivity index (χ3v) is 3.85. The fourth-order valence-corrected chi connectivity index (χ4v) is 2.73. The lowest BCUT2D eigenvalue weighted by Gasteiger charge is -2.30. The SMILES string of the molecule is CN=C(NCc1cccc(F)c1)NCC1CCCN(C)C1. The number of likely N-dealkylation sites (tertiary alicyclic amines) is 1. The van der Waals surface area contributed by atoms with Gasteiger partial charge in [-0.15, -0.1) is 0 Å². The van der Waals surface area contributed by atoms with E-state index in [1.165, 1.54) is 31.5 Å². The van der Waals surface area contributed by atoms with Crippen LogP contribution in [-0.2, 0) is 6.54 Å². The molecule has 0 aliphatic carbocycles. The van der Waals surface area contributed by atoms with E-state index in [1.54, 1.807) is 13.1 Å². The largest absolute Gasteiger partial charge is 0.356 e. The van der Waals surface area contributed by atoms with Crippen LogP contribution in [0, 0.1) is 11.7 Å². The minimum absolute atomic E-state index is 0.206. The summed E-state index contributed by atoms with van der Waals surface area (Å²) < 4.78 is 13.1. The first-order valence-electron chi connectivity index (χ1n) is 7.55. The zero-order valence-corrected chi connectivity index (χ0v) is 12.9. The van der Waals surface area contributed by atoms with Crippen molar-refractivity contribution in [2.45, 2.75) is 19.4 Å². The lowest BCUT2D eigenvalue weighted by Crippen LogP contribution is -2.43. The first-order chi connectivity index (χ1) is 10.2. The summed E-state index contributed by atoms with van der Waals surface area (Å²) in [6.07, 6.45) is 2.52. The molecule has 0 amide bonds. The van der Waals surface area contributed by atoms with E-state index in [-0.39, 0.29) is 5.82 Å². The Hall–Kier alpha value is -1.62. The van der Waals surface area contributed by atoms with Crippen LogP contribution in [-0.4, -0.2) is 44.6 Å². The highest BCUT2D eigenvalue weighted by molar-refractivity contribution is 5.79. The van der Waals surface area contributed by atoms with Crippen LogP contribution in [0.1, 0.15) is 18.4 Å². The summed E-state index contributed by atoms with van der Waals surface area (Å²) in [7, 11) is 3.93. The quantitative estimate of drug-likeness (QED) is 0.657. The molecule has 1 aromatic carbocycles. The second-order valence-corrected chi connectivity index (χ2v) is 5.71. The average Bonchev–Trinajstić information content (AvgIpc) is 2.47. The first kappa shape index (κ1) is 15.8. The zero-order valence-electron chi connectivity index (χ0n) is 12.9. The molecule has 2 rings (SSSR count). The molecule has 1 atom stereocenters. The maximum atomic E-state index is 13.1. The van der Waals surface area contributed by atoms with Gasteiger partial charge in [-0.2, -0.15) is 0 Å². The number of halogens is 1. The van der Waals surface area contributed by atoms with E-state index in [4.69, 9.17) is 0 Å². The molecule has 0 bridgehead atoms. The van der Waals surface area contributed by atoms with Crippen LogP contribution in [0.2, 0.25) is 0 Å². The molecule has 1 fully saturated rings. The number of hydrogen-bond donors (Lipinski definition) is 2. The van der Waals surface area contributed by atoms with Crippen molar-refractivity contribution in [3.8, 4) is 0 Å². The van der Waals surface area contributed by atoms with Crippen LogP contribution < -0.4 is 10.6 Å². The molecule has 0 saturated carbocycles. The summed E-state index contributed by atoms with van der Waals surface area (Å²) in [5.41, 5.74) is 0.912. The van der Waals surface area contributed by atoms with Gasteiger partial charge in [0.2, 0.25) is 0 Å². The van der Waals surface area contributed by atoms with E-state index in [9.17, 15) is 4.39 Å². The van der Waals surface area contributed by atoms with Gasteiger partial charge in [0, 0.05) is 26.7 Å². The van der Waals surface area contributed by atoms with E-state index in [0.717, 1.165) is 24.6 Å². The maximum absolute atomic E-state index is 13.1. The van der Waals surface area contributed by atoms with Gasteiger partial charge in [-0.3, -0.25) is 4.99 Å². The normalized spacial score (nSPS) is 20.3. The van der Waals surface area contributed by atoms with Crippen LogP contribution in [0.15, 0.2) is 29.3 Å². The highest BCUT2D eigenvalue weighted by atomic mass is 19.1. The molecule has 1 aliphatic rings. The lowest BCUT2D eigenvalue weighted by molar-refractivity contribution is 0.210. The average molecular weight is 292 g/mol. The molecule has 1 unspecified atom stereocenters. The first-order valence-corrected chi connectivity index (χ1v) is 7.55. The number of benzene rings is 1. The minimum atomic E-state index is -0.206. The number of nitrogens with zero attached hydrogens (tertiary/aromatic N) is 2. The van der Waals surface area contributed by atoms with Crippen molar-refractivity contribution in [3.05, 3.63) is 35.6 Å². The molecule has 0 radical (unpaired) electrons. The summed E-state index contributed by atoms with van der Waals surface area (Å²) in [6.45, 7) is 3.83. The van der Waals surface area contributed by atoms with Gasteiger partial charge in [-0.05, 0) is 50.0 Å². The monoisotopic (exact) mass is 292 g/mol. The van der Waals surface area contributed by atoms with Crippen molar-refractivity contribution in [2.24, 2.45) is 10.9 Å². The molecule has 116 valence electrons. The Morgan fingerprint density at radius 3 is 3.00 bits per heavy atom. The second-order valence-electron chi connectivity index (χ2n) is 5.71. The van der Waals surface area contributed by atoms with Crippen LogP contribution >= 0.6 is 0 Å². The smallest absolute Gasteiger partial charge is 0.191 e. The Labute approximate surface area is 126 Å². The van der Waals surface area contributed by atoms with E-state index < -0.39 is 0 Å². The standard InChI is InChI=1S/C16H25FN4/c1-18-16(19-10-13-5-3-7-15(17)9-13)20-11-14-6-4-8-21(2)12-14/h3,5,7,9,14H,4,6,8,10-12H2,1-2H3,(H2,18,19,20). The molecule has 1 heterocycles. The number of piperidine rings is 1. The highest BCUT2D eigenvalue weighted by Gasteiger charge is 2.17. The predicted molar refractivity (Wildman–Crippen MR) is 84.8 cm³/mol. The van der Waals surface area contributed by atoms with E-state index in [2.05, 4.69) is 27.6 Å².